The highest BCUT2D eigenvalue weighted by molar-refractivity contribution is 5.78. The summed E-state index contributed by atoms with van der Waals surface area (Å²) >= 11 is 0. The zero-order chi connectivity index (χ0) is 18.5. The van der Waals surface area contributed by atoms with Crippen molar-refractivity contribution in [2.75, 3.05) is 0 Å². The first-order valence-corrected chi connectivity index (χ1v) is 8.58. The fourth-order valence-corrected chi connectivity index (χ4v) is 2.82. The van der Waals surface area contributed by atoms with Gasteiger partial charge in [-0.3, -0.25) is 9.78 Å². The van der Waals surface area contributed by atoms with Crippen LogP contribution in [0.4, 0.5) is 4.79 Å². The van der Waals surface area contributed by atoms with Gasteiger partial charge < -0.3 is 20.1 Å². The molecule has 0 radical (unpaired) electrons. The average molecular weight is 358 g/mol. The molecule has 138 valence electrons. The van der Waals surface area contributed by atoms with Gasteiger partial charge in [0.25, 0.3) is 0 Å². The normalized spacial score (nSPS) is 17.0. The molecule has 26 heavy (non-hydrogen) atoms. The van der Waals surface area contributed by atoms with Crippen LogP contribution in [0.3, 0.4) is 0 Å². The van der Waals surface area contributed by atoms with Gasteiger partial charge in [-0.15, -0.1) is 0 Å². The van der Waals surface area contributed by atoms with Crippen LogP contribution in [-0.2, 0) is 17.9 Å². The van der Waals surface area contributed by atoms with Crippen molar-refractivity contribution in [1.29, 1.82) is 0 Å². The molecule has 2 aromatic rings. The van der Waals surface area contributed by atoms with E-state index in [9.17, 15) is 9.59 Å². The van der Waals surface area contributed by atoms with E-state index in [1.54, 1.807) is 17.3 Å². The van der Waals surface area contributed by atoms with Gasteiger partial charge >= 0.3 is 6.03 Å². The second kappa shape index (κ2) is 7.94. The maximum Gasteiger partial charge on any atom is 0.315 e. The van der Waals surface area contributed by atoms with E-state index in [1.165, 1.54) is 0 Å². The van der Waals surface area contributed by atoms with Gasteiger partial charge in [0, 0.05) is 31.4 Å². The third kappa shape index (κ3) is 4.35. The number of pyridine rings is 1. The molecular weight excluding hydrogens is 336 g/mol. The summed E-state index contributed by atoms with van der Waals surface area (Å²) in [6.45, 7) is 4.38. The molecule has 0 bridgehead atoms. The van der Waals surface area contributed by atoms with E-state index in [1.807, 2.05) is 26.0 Å². The van der Waals surface area contributed by atoms with Crippen molar-refractivity contribution in [1.82, 2.24) is 30.7 Å². The topological polar surface area (TPSA) is 113 Å². The van der Waals surface area contributed by atoms with Gasteiger partial charge in [0.15, 0.2) is 5.82 Å². The number of rotatable bonds is 6. The molecule has 0 aromatic carbocycles. The summed E-state index contributed by atoms with van der Waals surface area (Å²) in [6, 6.07) is 3.25. The summed E-state index contributed by atoms with van der Waals surface area (Å²) in [6.07, 6.45) is 4.47. The van der Waals surface area contributed by atoms with Gasteiger partial charge in [-0.1, -0.05) is 5.16 Å². The van der Waals surface area contributed by atoms with Gasteiger partial charge in [-0.25, -0.2) is 4.79 Å². The maximum atomic E-state index is 12.2. The van der Waals surface area contributed by atoms with Crippen molar-refractivity contribution in [2.24, 2.45) is 0 Å². The Kier molecular flexibility index (Phi) is 5.45. The van der Waals surface area contributed by atoms with E-state index in [0.717, 1.165) is 5.56 Å². The monoisotopic (exact) mass is 358 g/mol. The molecule has 0 spiro atoms. The molecule has 0 aliphatic carbocycles. The molecule has 0 unspecified atom stereocenters. The largest absolute Gasteiger partial charge is 0.337 e. The number of amides is 3. The minimum Gasteiger partial charge on any atom is -0.337 e. The number of likely N-dealkylation sites (tertiary alicyclic amines) is 1. The summed E-state index contributed by atoms with van der Waals surface area (Å²) < 4.78 is 5.34. The first-order valence-electron chi connectivity index (χ1n) is 8.58. The second-order valence-corrected chi connectivity index (χ2v) is 6.46. The number of nitrogens with zero attached hydrogens (tertiary/aromatic N) is 4. The van der Waals surface area contributed by atoms with Crippen LogP contribution >= 0.6 is 0 Å². The Morgan fingerprint density at radius 3 is 2.88 bits per heavy atom. The van der Waals surface area contributed by atoms with Crippen molar-refractivity contribution in [2.45, 2.75) is 51.9 Å². The minimum atomic E-state index is -0.290. The smallest absolute Gasteiger partial charge is 0.315 e. The van der Waals surface area contributed by atoms with Gasteiger partial charge in [0.05, 0.1) is 6.54 Å². The Hall–Kier alpha value is -2.97. The van der Waals surface area contributed by atoms with Crippen LogP contribution < -0.4 is 10.6 Å². The summed E-state index contributed by atoms with van der Waals surface area (Å²) in [5, 5.41) is 9.29. The molecule has 3 heterocycles. The molecule has 9 heteroatoms. The van der Waals surface area contributed by atoms with E-state index in [-0.39, 0.29) is 30.6 Å². The summed E-state index contributed by atoms with van der Waals surface area (Å²) in [5.74, 6) is 0.828. The molecule has 1 atom stereocenters. The molecule has 1 fully saturated rings. The van der Waals surface area contributed by atoms with Gasteiger partial charge in [-0.2, -0.15) is 4.98 Å². The van der Waals surface area contributed by atoms with Crippen molar-refractivity contribution in [3.05, 3.63) is 41.8 Å². The van der Waals surface area contributed by atoms with Gasteiger partial charge in [0.2, 0.25) is 11.8 Å². The van der Waals surface area contributed by atoms with Crippen LogP contribution in [-0.4, -0.2) is 38.0 Å². The van der Waals surface area contributed by atoms with Gasteiger partial charge in [-0.05, 0) is 38.0 Å². The molecule has 1 aliphatic heterocycles. The quantitative estimate of drug-likeness (QED) is 0.810. The average Bonchev–Trinajstić information content (AvgIpc) is 3.21. The summed E-state index contributed by atoms with van der Waals surface area (Å²) in [7, 11) is 0. The van der Waals surface area contributed by atoms with E-state index in [4.69, 9.17) is 4.52 Å². The number of hydrogen-bond donors (Lipinski definition) is 2. The molecule has 1 saturated heterocycles. The van der Waals surface area contributed by atoms with Crippen molar-refractivity contribution >= 4 is 11.9 Å². The van der Waals surface area contributed by atoms with Crippen LogP contribution in [0.15, 0.2) is 29.0 Å². The predicted molar refractivity (Wildman–Crippen MR) is 91.6 cm³/mol. The lowest BCUT2D eigenvalue weighted by Gasteiger charge is -2.21. The zero-order valence-corrected chi connectivity index (χ0v) is 14.8. The fraction of sp³-hybridized carbons (Fsp3) is 0.471. The first-order chi connectivity index (χ1) is 12.5. The van der Waals surface area contributed by atoms with E-state index in [0.29, 0.717) is 31.1 Å². The first kappa shape index (κ1) is 17.8. The number of nitrogens with one attached hydrogen (secondary N) is 2. The molecule has 2 aromatic heterocycles. The second-order valence-electron chi connectivity index (χ2n) is 6.46. The van der Waals surface area contributed by atoms with Crippen LogP contribution in [0.1, 0.15) is 50.0 Å². The van der Waals surface area contributed by atoms with Crippen LogP contribution in [0.5, 0.6) is 0 Å². The fourth-order valence-electron chi connectivity index (χ4n) is 2.82. The molecule has 9 nitrogen and oxygen atoms in total. The molecule has 0 saturated carbocycles. The number of urea groups is 1. The lowest BCUT2D eigenvalue weighted by molar-refractivity contribution is -0.130. The predicted octanol–water partition coefficient (Wildman–Crippen LogP) is 1.54. The highest BCUT2D eigenvalue weighted by Gasteiger charge is 2.35. The van der Waals surface area contributed by atoms with E-state index >= 15 is 0 Å². The minimum absolute atomic E-state index is 0.0436. The van der Waals surface area contributed by atoms with Crippen molar-refractivity contribution < 1.29 is 14.1 Å². The summed E-state index contributed by atoms with van der Waals surface area (Å²) in [5.41, 5.74) is 0.993. The lowest BCUT2D eigenvalue weighted by atomic mass is 10.2. The lowest BCUT2D eigenvalue weighted by Crippen LogP contribution is -2.39. The molecule has 2 N–H and O–H groups in total. The number of hydrogen-bond acceptors (Lipinski definition) is 6. The standard InChI is InChI=1S/C17H22N6O3/c1-11(2)20-17(25)19-9-14-21-16(26-22-14)13-3-4-15(24)23(13)10-12-5-7-18-8-6-12/h5-8,11,13H,3-4,9-10H2,1-2H3,(H2,19,20,25)/t13-/m0/s1. The van der Waals surface area contributed by atoms with Crippen LogP contribution in [0.25, 0.3) is 0 Å². The Bertz CT molecular complexity index is 761. The SMILES string of the molecule is CC(C)NC(=O)NCc1noc([C@@H]2CCC(=O)N2Cc2ccncc2)n1. The van der Waals surface area contributed by atoms with E-state index < -0.39 is 0 Å². The van der Waals surface area contributed by atoms with E-state index in [2.05, 4.69) is 25.8 Å². The molecule has 3 rings (SSSR count). The zero-order valence-electron chi connectivity index (χ0n) is 14.8. The van der Waals surface area contributed by atoms with Crippen molar-refractivity contribution in [3.8, 4) is 0 Å². The molecule has 3 amide bonds. The number of carbonyl (C=O) groups is 2. The third-order valence-corrected chi connectivity index (χ3v) is 4.03. The van der Waals surface area contributed by atoms with Crippen LogP contribution in [0, 0.1) is 0 Å². The highest BCUT2D eigenvalue weighted by Crippen LogP contribution is 2.33. The third-order valence-electron chi connectivity index (χ3n) is 4.03. The van der Waals surface area contributed by atoms with Gasteiger partial charge in [0.1, 0.15) is 6.04 Å². The summed E-state index contributed by atoms with van der Waals surface area (Å²) in [4.78, 5) is 33.9. The van der Waals surface area contributed by atoms with Crippen molar-refractivity contribution in [3.63, 3.8) is 0 Å². The Labute approximate surface area is 151 Å². The molecule has 1 aliphatic rings. The Balaban J connectivity index is 1.63. The number of carbonyl (C=O) groups excluding carboxylic acids is 2. The Morgan fingerprint density at radius 2 is 2.15 bits per heavy atom. The number of aromatic nitrogens is 3. The highest BCUT2D eigenvalue weighted by atomic mass is 16.5. The maximum absolute atomic E-state index is 12.2. The molecular formula is C17H22N6O3. The Morgan fingerprint density at radius 1 is 1.38 bits per heavy atom. The van der Waals surface area contributed by atoms with Crippen LogP contribution in [0.2, 0.25) is 0 Å².